The van der Waals surface area contributed by atoms with Gasteiger partial charge in [0.25, 0.3) is 0 Å². The number of carbonyl (C=O) groups is 2. The van der Waals surface area contributed by atoms with Crippen LogP contribution in [0.2, 0.25) is 0 Å². The summed E-state index contributed by atoms with van der Waals surface area (Å²) in [6, 6.07) is 15.0. The number of ketones is 1. The Morgan fingerprint density at radius 2 is 1.78 bits per heavy atom. The van der Waals surface area contributed by atoms with Gasteiger partial charge in [0.1, 0.15) is 6.61 Å². The highest BCUT2D eigenvalue weighted by molar-refractivity contribution is 7.98. The number of ether oxygens (including phenoxy) is 2. The SMILES string of the molecule is CSc1ccc(C(=O)CCC(=O)N(C)CC2COc3ccccc3O2)cc1. The molecule has 0 bridgehead atoms. The van der Waals surface area contributed by atoms with Gasteiger partial charge in [-0.05, 0) is 30.5 Å². The lowest BCUT2D eigenvalue weighted by Gasteiger charge is -2.29. The van der Waals surface area contributed by atoms with Gasteiger partial charge in [0.05, 0.1) is 6.54 Å². The predicted octanol–water partition coefficient (Wildman–Crippen LogP) is 3.67. The molecular formula is C21H23NO4S. The molecule has 142 valence electrons. The number of amides is 1. The summed E-state index contributed by atoms with van der Waals surface area (Å²) in [6.07, 6.45) is 2.16. The fourth-order valence-corrected chi connectivity index (χ4v) is 3.30. The van der Waals surface area contributed by atoms with Crippen LogP contribution in [0.25, 0.3) is 0 Å². The van der Waals surface area contributed by atoms with Crippen molar-refractivity contribution in [3.05, 3.63) is 54.1 Å². The summed E-state index contributed by atoms with van der Waals surface area (Å²) in [7, 11) is 1.73. The van der Waals surface area contributed by atoms with Crippen molar-refractivity contribution in [3.63, 3.8) is 0 Å². The average Bonchev–Trinajstić information content (AvgIpc) is 2.71. The van der Waals surface area contributed by atoms with E-state index >= 15 is 0 Å². The molecule has 0 aromatic heterocycles. The fraction of sp³-hybridized carbons (Fsp3) is 0.333. The first-order valence-electron chi connectivity index (χ1n) is 8.86. The minimum Gasteiger partial charge on any atom is -0.486 e. The number of thioether (sulfide) groups is 1. The van der Waals surface area contributed by atoms with Gasteiger partial charge >= 0.3 is 0 Å². The van der Waals surface area contributed by atoms with Gasteiger partial charge < -0.3 is 14.4 Å². The van der Waals surface area contributed by atoms with E-state index in [9.17, 15) is 9.59 Å². The summed E-state index contributed by atoms with van der Waals surface area (Å²) in [4.78, 5) is 27.4. The molecule has 1 aliphatic heterocycles. The molecule has 0 aliphatic carbocycles. The van der Waals surface area contributed by atoms with Crippen LogP contribution in [0.15, 0.2) is 53.4 Å². The Morgan fingerprint density at radius 3 is 2.48 bits per heavy atom. The number of fused-ring (bicyclic) bond motifs is 1. The Morgan fingerprint density at radius 1 is 1.07 bits per heavy atom. The molecule has 6 heteroatoms. The number of carbonyl (C=O) groups excluding carboxylic acids is 2. The standard InChI is InChI=1S/C21H23NO4S/c1-22(13-16-14-25-19-5-3-4-6-20(19)26-16)21(24)12-11-18(23)15-7-9-17(27-2)10-8-15/h3-10,16H,11-14H2,1-2H3. The molecule has 0 saturated carbocycles. The zero-order chi connectivity index (χ0) is 19.2. The summed E-state index contributed by atoms with van der Waals surface area (Å²) < 4.78 is 11.6. The molecule has 0 fully saturated rings. The molecule has 0 N–H and O–H groups in total. The molecule has 3 rings (SSSR count). The molecule has 0 saturated heterocycles. The van der Waals surface area contributed by atoms with Crippen LogP contribution in [0.1, 0.15) is 23.2 Å². The number of hydrogen-bond donors (Lipinski definition) is 0. The molecule has 1 aliphatic rings. The van der Waals surface area contributed by atoms with Crippen LogP contribution in [0, 0.1) is 0 Å². The Kier molecular flexibility index (Phi) is 6.40. The maximum absolute atomic E-state index is 12.4. The second-order valence-corrected chi connectivity index (χ2v) is 7.30. The normalized spacial score (nSPS) is 15.3. The van der Waals surface area contributed by atoms with Crippen LogP contribution in [-0.2, 0) is 4.79 Å². The first kappa shape index (κ1) is 19.3. The Bertz CT molecular complexity index is 806. The molecule has 1 atom stereocenters. The van der Waals surface area contributed by atoms with Gasteiger partial charge in [-0.2, -0.15) is 0 Å². The highest BCUT2D eigenvalue weighted by Crippen LogP contribution is 2.31. The minimum absolute atomic E-state index is 0.0180. The van der Waals surface area contributed by atoms with Crippen LogP contribution < -0.4 is 9.47 Å². The lowest BCUT2D eigenvalue weighted by atomic mass is 10.1. The minimum atomic E-state index is -0.219. The molecular weight excluding hydrogens is 362 g/mol. The summed E-state index contributed by atoms with van der Waals surface area (Å²) >= 11 is 1.63. The van der Waals surface area contributed by atoms with Crippen molar-refractivity contribution in [2.24, 2.45) is 0 Å². The van der Waals surface area contributed by atoms with Crippen LogP contribution >= 0.6 is 11.8 Å². The number of likely N-dealkylation sites (N-methyl/N-ethyl adjacent to an activating group) is 1. The van der Waals surface area contributed by atoms with E-state index < -0.39 is 0 Å². The molecule has 1 unspecified atom stereocenters. The molecule has 5 nitrogen and oxygen atoms in total. The predicted molar refractivity (Wildman–Crippen MR) is 106 cm³/mol. The van der Waals surface area contributed by atoms with Gasteiger partial charge in [-0.3, -0.25) is 9.59 Å². The Hall–Kier alpha value is -2.47. The van der Waals surface area contributed by atoms with Crippen molar-refractivity contribution in [2.75, 3.05) is 26.5 Å². The lowest BCUT2D eigenvalue weighted by Crippen LogP contribution is -2.41. The zero-order valence-corrected chi connectivity index (χ0v) is 16.3. The summed E-state index contributed by atoms with van der Waals surface area (Å²) in [5.41, 5.74) is 0.642. The van der Waals surface area contributed by atoms with Crippen LogP contribution in [0.4, 0.5) is 0 Å². The van der Waals surface area contributed by atoms with Crippen molar-refractivity contribution in [3.8, 4) is 11.5 Å². The van der Waals surface area contributed by atoms with Crippen molar-refractivity contribution in [1.82, 2.24) is 4.90 Å². The first-order chi connectivity index (χ1) is 13.1. The average molecular weight is 385 g/mol. The van der Waals surface area contributed by atoms with Crippen molar-refractivity contribution >= 4 is 23.5 Å². The molecule has 0 radical (unpaired) electrons. The Balaban J connectivity index is 1.47. The van der Waals surface area contributed by atoms with E-state index in [0.717, 1.165) is 10.6 Å². The first-order valence-corrected chi connectivity index (χ1v) is 10.1. The number of para-hydroxylation sites is 2. The number of Topliss-reactive ketones (excluding diaryl/α,β-unsaturated/α-hetero) is 1. The molecule has 1 amide bonds. The maximum Gasteiger partial charge on any atom is 0.222 e. The molecule has 2 aromatic carbocycles. The van der Waals surface area contributed by atoms with E-state index in [1.54, 1.807) is 23.7 Å². The highest BCUT2D eigenvalue weighted by Gasteiger charge is 2.23. The summed E-state index contributed by atoms with van der Waals surface area (Å²) in [5, 5.41) is 0. The molecule has 0 spiro atoms. The Labute approximate surface area is 163 Å². The van der Waals surface area contributed by atoms with E-state index in [1.165, 1.54) is 0 Å². The van der Waals surface area contributed by atoms with Gasteiger partial charge in [0, 0.05) is 30.3 Å². The van der Waals surface area contributed by atoms with E-state index in [0.29, 0.717) is 24.5 Å². The van der Waals surface area contributed by atoms with E-state index in [2.05, 4.69) is 0 Å². The quantitative estimate of drug-likeness (QED) is 0.538. The monoisotopic (exact) mass is 385 g/mol. The molecule has 27 heavy (non-hydrogen) atoms. The van der Waals surface area contributed by atoms with Crippen molar-refractivity contribution in [2.45, 2.75) is 23.8 Å². The van der Waals surface area contributed by atoms with Gasteiger partial charge in [-0.15, -0.1) is 11.8 Å². The molecule has 2 aromatic rings. The van der Waals surface area contributed by atoms with Crippen molar-refractivity contribution < 1.29 is 19.1 Å². The summed E-state index contributed by atoms with van der Waals surface area (Å²) in [6.45, 7) is 0.819. The number of nitrogens with zero attached hydrogens (tertiary/aromatic N) is 1. The maximum atomic E-state index is 12.4. The third kappa shape index (κ3) is 5.04. The van der Waals surface area contributed by atoms with E-state index in [-0.39, 0.29) is 30.6 Å². The van der Waals surface area contributed by atoms with Crippen molar-refractivity contribution in [1.29, 1.82) is 0 Å². The number of rotatable bonds is 7. The van der Waals surface area contributed by atoms with E-state index in [4.69, 9.17) is 9.47 Å². The second-order valence-electron chi connectivity index (χ2n) is 6.42. The topological polar surface area (TPSA) is 55.8 Å². The van der Waals surface area contributed by atoms with Gasteiger partial charge in [0.15, 0.2) is 23.4 Å². The summed E-state index contributed by atoms with van der Waals surface area (Å²) in [5.74, 6) is 1.32. The van der Waals surface area contributed by atoms with Crippen LogP contribution in [0.5, 0.6) is 11.5 Å². The molecule has 1 heterocycles. The van der Waals surface area contributed by atoms with Crippen LogP contribution in [0.3, 0.4) is 0 Å². The van der Waals surface area contributed by atoms with Gasteiger partial charge in [0.2, 0.25) is 5.91 Å². The lowest BCUT2D eigenvalue weighted by molar-refractivity contribution is -0.131. The smallest absolute Gasteiger partial charge is 0.222 e. The zero-order valence-electron chi connectivity index (χ0n) is 15.5. The van der Waals surface area contributed by atoms with E-state index in [1.807, 2.05) is 54.8 Å². The largest absolute Gasteiger partial charge is 0.486 e. The third-order valence-electron chi connectivity index (χ3n) is 4.45. The van der Waals surface area contributed by atoms with Gasteiger partial charge in [-0.25, -0.2) is 0 Å². The second kappa shape index (κ2) is 8.95. The number of hydrogen-bond acceptors (Lipinski definition) is 5. The fourth-order valence-electron chi connectivity index (χ4n) is 2.89. The third-order valence-corrected chi connectivity index (χ3v) is 5.19. The van der Waals surface area contributed by atoms with Gasteiger partial charge in [-0.1, -0.05) is 24.3 Å². The highest BCUT2D eigenvalue weighted by atomic mass is 32.2. The number of benzene rings is 2. The van der Waals surface area contributed by atoms with Crippen LogP contribution in [-0.4, -0.2) is 49.1 Å².